The maximum atomic E-state index is 12.0. The Morgan fingerprint density at radius 1 is 1.28 bits per heavy atom. The quantitative estimate of drug-likeness (QED) is 0.512. The normalized spacial score (nSPS) is 10.6. The second-order valence-electron chi connectivity index (χ2n) is 4.85. The summed E-state index contributed by atoms with van der Waals surface area (Å²) in [5.41, 5.74) is 0.535. The Bertz CT molecular complexity index is 904. The molecular formula is C13H12N8O3S. The molecule has 0 aliphatic carbocycles. The number of aromatic nitrogens is 6. The van der Waals surface area contributed by atoms with E-state index in [-0.39, 0.29) is 24.0 Å². The van der Waals surface area contributed by atoms with E-state index in [1.54, 1.807) is 0 Å². The number of nitro benzene ring substituents is 1. The van der Waals surface area contributed by atoms with Crippen LogP contribution in [0.1, 0.15) is 11.9 Å². The highest BCUT2D eigenvalue weighted by atomic mass is 32.1. The van der Waals surface area contributed by atoms with Crippen molar-refractivity contribution in [2.24, 2.45) is 0 Å². The van der Waals surface area contributed by atoms with Gasteiger partial charge in [-0.15, -0.1) is 20.4 Å². The molecule has 3 rings (SSSR count). The summed E-state index contributed by atoms with van der Waals surface area (Å²) < 4.78 is 0. The van der Waals surface area contributed by atoms with Crippen molar-refractivity contribution >= 4 is 28.1 Å². The predicted octanol–water partition coefficient (Wildman–Crippen LogP) is 1.30. The SMILES string of the molecule is CCc1nnc(NC(=O)Cn2nnc(-c3ccc([N+](=O)[O-])cc3)n2)s1. The maximum Gasteiger partial charge on any atom is 0.269 e. The van der Waals surface area contributed by atoms with Gasteiger partial charge < -0.3 is 0 Å². The molecule has 0 aliphatic rings. The first-order valence-corrected chi connectivity index (χ1v) is 8.01. The summed E-state index contributed by atoms with van der Waals surface area (Å²) in [6.45, 7) is 1.81. The monoisotopic (exact) mass is 360 g/mol. The van der Waals surface area contributed by atoms with Crippen molar-refractivity contribution in [2.45, 2.75) is 19.9 Å². The molecule has 0 saturated heterocycles. The number of benzene rings is 1. The summed E-state index contributed by atoms with van der Waals surface area (Å²) >= 11 is 1.30. The van der Waals surface area contributed by atoms with Crippen LogP contribution in [0.3, 0.4) is 0 Å². The first-order valence-electron chi connectivity index (χ1n) is 7.20. The molecule has 0 fully saturated rings. The molecule has 128 valence electrons. The predicted molar refractivity (Wildman–Crippen MR) is 87.8 cm³/mol. The Hall–Kier alpha value is -3.28. The van der Waals surface area contributed by atoms with Crippen LogP contribution in [0.5, 0.6) is 0 Å². The summed E-state index contributed by atoms with van der Waals surface area (Å²) in [5.74, 6) is -0.0849. The second-order valence-corrected chi connectivity index (χ2v) is 5.91. The number of hydrogen-bond acceptors (Lipinski definition) is 9. The topological polar surface area (TPSA) is 142 Å². The number of nitro groups is 1. The van der Waals surface area contributed by atoms with E-state index in [1.165, 1.54) is 35.6 Å². The van der Waals surface area contributed by atoms with E-state index >= 15 is 0 Å². The number of aryl methyl sites for hydroxylation is 1. The fourth-order valence-electron chi connectivity index (χ4n) is 1.89. The van der Waals surface area contributed by atoms with E-state index in [0.29, 0.717) is 10.7 Å². The number of hydrogen-bond donors (Lipinski definition) is 1. The minimum Gasteiger partial charge on any atom is -0.299 e. The zero-order valence-corrected chi connectivity index (χ0v) is 13.8. The van der Waals surface area contributed by atoms with Crippen molar-refractivity contribution in [1.82, 2.24) is 30.4 Å². The van der Waals surface area contributed by atoms with Crippen molar-refractivity contribution in [1.29, 1.82) is 0 Å². The minimum atomic E-state index is -0.490. The van der Waals surface area contributed by atoms with Crippen molar-refractivity contribution < 1.29 is 9.72 Å². The van der Waals surface area contributed by atoms with Gasteiger partial charge in [0.2, 0.25) is 16.9 Å². The van der Waals surface area contributed by atoms with Gasteiger partial charge in [0.05, 0.1) is 4.92 Å². The third-order valence-electron chi connectivity index (χ3n) is 3.09. The molecule has 11 nitrogen and oxygen atoms in total. The van der Waals surface area contributed by atoms with Crippen molar-refractivity contribution in [3.05, 3.63) is 39.4 Å². The highest BCUT2D eigenvalue weighted by molar-refractivity contribution is 7.15. The Morgan fingerprint density at radius 2 is 2.04 bits per heavy atom. The van der Waals surface area contributed by atoms with E-state index in [1.807, 2.05) is 6.92 Å². The third kappa shape index (κ3) is 3.98. The maximum absolute atomic E-state index is 12.0. The largest absolute Gasteiger partial charge is 0.299 e. The Balaban J connectivity index is 1.64. The summed E-state index contributed by atoms with van der Waals surface area (Å²) in [7, 11) is 0. The molecular weight excluding hydrogens is 348 g/mol. The van der Waals surface area contributed by atoms with Gasteiger partial charge >= 0.3 is 0 Å². The molecule has 1 aromatic carbocycles. The number of carbonyl (C=O) groups is 1. The van der Waals surface area contributed by atoms with E-state index in [2.05, 4.69) is 30.9 Å². The van der Waals surface area contributed by atoms with Gasteiger partial charge in [-0.3, -0.25) is 20.2 Å². The molecule has 2 aromatic heterocycles. The first-order chi connectivity index (χ1) is 12.0. The van der Waals surface area contributed by atoms with Crippen LogP contribution in [0.2, 0.25) is 0 Å². The van der Waals surface area contributed by atoms with Gasteiger partial charge in [0, 0.05) is 17.7 Å². The van der Waals surface area contributed by atoms with Crippen molar-refractivity contribution in [3.63, 3.8) is 0 Å². The average Bonchev–Trinajstić information content (AvgIpc) is 3.24. The molecule has 3 aromatic rings. The summed E-state index contributed by atoms with van der Waals surface area (Å²) in [6.07, 6.45) is 0.747. The molecule has 0 bridgehead atoms. The Labute approximate surface area is 144 Å². The summed E-state index contributed by atoms with van der Waals surface area (Å²) in [4.78, 5) is 23.3. The fraction of sp³-hybridized carbons (Fsp3) is 0.231. The van der Waals surface area contributed by atoms with Crippen LogP contribution >= 0.6 is 11.3 Å². The number of non-ortho nitro benzene ring substituents is 1. The van der Waals surface area contributed by atoms with Gasteiger partial charge in [-0.1, -0.05) is 18.3 Å². The number of anilines is 1. The molecule has 0 saturated carbocycles. The van der Waals surface area contributed by atoms with Gasteiger partial charge in [0.25, 0.3) is 5.69 Å². The highest BCUT2D eigenvalue weighted by Crippen LogP contribution is 2.18. The molecule has 0 unspecified atom stereocenters. The average molecular weight is 360 g/mol. The van der Waals surface area contributed by atoms with E-state index in [0.717, 1.165) is 16.2 Å². The van der Waals surface area contributed by atoms with Gasteiger partial charge in [-0.25, -0.2) is 0 Å². The van der Waals surface area contributed by atoms with E-state index < -0.39 is 4.92 Å². The molecule has 0 atom stereocenters. The molecule has 1 N–H and O–H groups in total. The molecule has 25 heavy (non-hydrogen) atoms. The van der Waals surface area contributed by atoms with Crippen LogP contribution < -0.4 is 5.32 Å². The molecule has 0 radical (unpaired) electrons. The fourth-order valence-corrected chi connectivity index (χ4v) is 2.59. The van der Waals surface area contributed by atoms with Gasteiger partial charge in [0.1, 0.15) is 11.6 Å². The standard InChI is InChI=1S/C13H12N8O3S/c1-2-11-15-17-13(25-11)14-10(22)7-20-18-12(16-19-20)8-3-5-9(6-4-8)21(23)24/h3-6H,2,7H2,1H3,(H,14,17,22). The van der Waals surface area contributed by atoms with E-state index in [9.17, 15) is 14.9 Å². The lowest BCUT2D eigenvalue weighted by atomic mass is 10.2. The molecule has 0 aliphatic heterocycles. The van der Waals surface area contributed by atoms with Crippen LogP contribution in [-0.2, 0) is 17.8 Å². The highest BCUT2D eigenvalue weighted by Gasteiger charge is 2.12. The molecule has 12 heteroatoms. The van der Waals surface area contributed by atoms with Crippen LogP contribution in [0, 0.1) is 10.1 Å². The second kappa shape index (κ2) is 7.09. The number of nitrogens with zero attached hydrogens (tertiary/aromatic N) is 7. The van der Waals surface area contributed by atoms with Crippen LogP contribution in [-0.4, -0.2) is 41.2 Å². The number of carbonyl (C=O) groups excluding carboxylic acids is 1. The lowest BCUT2D eigenvalue weighted by Gasteiger charge is -1.99. The van der Waals surface area contributed by atoms with Crippen molar-refractivity contribution in [3.8, 4) is 11.4 Å². The number of rotatable bonds is 6. The van der Waals surface area contributed by atoms with Gasteiger partial charge in [0.15, 0.2) is 0 Å². The Kier molecular flexibility index (Phi) is 4.70. The molecule has 0 spiro atoms. The van der Waals surface area contributed by atoms with Gasteiger partial charge in [-0.05, 0) is 23.8 Å². The number of nitrogens with one attached hydrogen (secondary N) is 1. The summed E-state index contributed by atoms with van der Waals surface area (Å²) in [6, 6.07) is 5.74. The minimum absolute atomic E-state index is 0.0287. The number of tetrazole rings is 1. The third-order valence-corrected chi connectivity index (χ3v) is 4.07. The number of amides is 1. The zero-order chi connectivity index (χ0) is 17.8. The van der Waals surface area contributed by atoms with Crippen LogP contribution in [0.4, 0.5) is 10.8 Å². The van der Waals surface area contributed by atoms with Crippen molar-refractivity contribution in [2.75, 3.05) is 5.32 Å². The smallest absolute Gasteiger partial charge is 0.269 e. The lowest BCUT2D eigenvalue weighted by Crippen LogP contribution is -2.20. The van der Waals surface area contributed by atoms with E-state index in [4.69, 9.17) is 0 Å². The van der Waals surface area contributed by atoms with Crippen LogP contribution in [0.15, 0.2) is 24.3 Å². The zero-order valence-electron chi connectivity index (χ0n) is 13.0. The summed E-state index contributed by atoms with van der Waals surface area (Å²) in [5, 5.41) is 34.0. The Morgan fingerprint density at radius 3 is 2.68 bits per heavy atom. The van der Waals surface area contributed by atoms with Gasteiger partial charge in [-0.2, -0.15) is 4.80 Å². The lowest BCUT2D eigenvalue weighted by molar-refractivity contribution is -0.384. The first kappa shape index (κ1) is 16.6. The molecule has 2 heterocycles. The molecule has 1 amide bonds. The van der Waals surface area contributed by atoms with Crippen LogP contribution in [0.25, 0.3) is 11.4 Å².